The summed E-state index contributed by atoms with van der Waals surface area (Å²) in [6, 6.07) is 23.7. The van der Waals surface area contributed by atoms with Crippen LogP contribution >= 0.6 is 0 Å². The number of hydrogen-bond acceptors (Lipinski definition) is 6. The second-order valence-electron chi connectivity index (χ2n) is 11.2. The number of benzene rings is 3. The second kappa shape index (κ2) is 12.1. The number of hydrogen-bond donors (Lipinski definition) is 2. The van der Waals surface area contributed by atoms with E-state index in [1.54, 1.807) is 13.8 Å². The van der Waals surface area contributed by atoms with Gasteiger partial charge in [-0.05, 0) is 40.7 Å². The molecule has 2 N–H and O–H groups in total. The molecule has 0 spiro atoms. The Balaban J connectivity index is 1.28. The first-order valence-electron chi connectivity index (χ1n) is 14.0. The number of likely N-dealkylation sites (tertiary alicyclic amines) is 1. The molecule has 5 rings (SSSR count). The van der Waals surface area contributed by atoms with Gasteiger partial charge >= 0.3 is 18.0 Å². The number of nitrogens with one attached hydrogen (secondary N) is 1. The van der Waals surface area contributed by atoms with Gasteiger partial charge in [-0.1, -0.05) is 85.8 Å². The molecule has 1 saturated heterocycles. The average Bonchev–Trinajstić information content (AvgIpc) is 3.49. The number of fused-ring (bicyclic) bond motifs is 3. The fourth-order valence-electron chi connectivity index (χ4n) is 5.76. The summed E-state index contributed by atoms with van der Waals surface area (Å²) in [5.74, 6) is -2.74. The monoisotopic (exact) mass is 570 g/mol. The maximum absolute atomic E-state index is 13.6. The van der Waals surface area contributed by atoms with Gasteiger partial charge in [0.15, 0.2) is 0 Å². The minimum absolute atomic E-state index is 0.0172. The molecule has 1 aliphatic heterocycles. The van der Waals surface area contributed by atoms with E-state index >= 15 is 0 Å². The van der Waals surface area contributed by atoms with Crippen molar-refractivity contribution in [3.63, 3.8) is 0 Å². The van der Waals surface area contributed by atoms with Crippen LogP contribution in [0.15, 0.2) is 78.9 Å². The van der Waals surface area contributed by atoms with E-state index < -0.39 is 41.8 Å². The van der Waals surface area contributed by atoms with Crippen molar-refractivity contribution in [2.45, 2.75) is 38.8 Å². The van der Waals surface area contributed by atoms with Gasteiger partial charge in [-0.2, -0.15) is 0 Å². The molecule has 1 aliphatic carbocycles. The highest BCUT2D eigenvalue weighted by molar-refractivity contribution is 5.90. The first-order valence-corrected chi connectivity index (χ1v) is 14.0. The Morgan fingerprint density at radius 3 is 2.12 bits per heavy atom. The SMILES string of the molecule is CC1CN(C(=O)[C@H](CC(=O)OCc2ccccc2)NC(=O)OCC2c3ccccc3-c3ccccc32)CC1(C)C(=O)O. The molecule has 3 aromatic rings. The predicted octanol–water partition coefficient (Wildman–Crippen LogP) is 4.60. The Bertz CT molecular complexity index is 1440. The quantitative estimate of drug-likeness (QED) is 0.361. The average molecular weight is 571 g/mol. The largest absolute Gasteiger partial charge is 0.481 e. The van der Waals surface area contributed by atoms with Crippen molar-refractivity contribution in [3.8, 4) is 11.1 Å². The minimum Gasteiger partial charge on any atom is -0.481 e. The van der Waals surface area contributed by atoms with Gasteiger partial charge in [0.25, 0.3) is 0 Å². The molecule has 3 aromatic carbocycles. The summed E-state index contributed by atoms with van der Waals surface area (Å²) in [6.45, 7) is 3.56. The van der Waals surface area contributed by atoms with Gasteiger partial charge in [0, 0.05) is 19.0 Å². The van der Waals surface area contributed by atoms with Crippen molar-refractivity contribution in [2.75, 3.05) is 19.7 Å². The van der Waals surface area contributed by atoms with Crippen LogP contribution < -0.4 is 5.32 Å². The summed E-state index contributed by atoms with van der Waals surface area (Å²) in [5.41, 5.74) is 3.90. The number of carbonyl (C=O) groups is 4. The lowest BCUT2D eigenvalue weighted by atomic mass is 9.81. The summed E-state index contributed by atoms with van der Waals surface area (Å²) in [6.07, 6.45) is -1.27. The number of nitrogens with zero attached hydrogens (tertiary/aromatic N) is 1. The normalized spacial score (nSPS) is 19.9. The zero-order valence-electron chi connectivity index (χ0n) is 23.6. The first kappa shape index (κ1) is 28.9. The van der Waals surface area contributed by atoms with Crippen LogP contribution in [0.1, 0.15) is 42.9 Å². The number of esters is 1. The Hall–Kier alpha value is -4.66. The van der Waals surface area contributed by atoms with Crippen LogP contribution in [-0.2, 0) is 30.5 Å². The Morgan fingerprint density at radius 1 is 0.929 bits per heavy atom. The van der Waals surface area contributed by atoms with Gasteiger partial charge in [0.2, 0.25) is 5.91 Å². The number of ether oxygens (including phenoxy) is 2. The van der Waals surface area contributed by atoms with Crippen molar-refractivity contribution in [2.24, 2.45) is 11.3 Å². The van der Waals surface area contributed by atoms with Crippen molar-refractivity contribution < 1.29 is 33.8 Å². The maximum atomic E-state index is 13.6. The van der Waals surface area contributed by atoms with Crippen molar-refractivity contribution in [3.05, 3.63) is 95.6 Å². The van der Waals surface area contributed by atoms with Gasteiger partial charge in [0.05, 0.1) is 11.8 Å². The third-order valence-corrected chi connectivity index (χ3v) is 8.45. The molecule has 9 heteroatoms. The number of carbonyl (C=O) groups excluding carboxylic acids is 3. The van der Waals surface area contributed by atoms with E-state index in [0.717, 1.165) is 27.8 Å². The predicted molar refractivity (Wildman–Crippen MR) is 154 cm³/mol. The Morgan fingerprint density at radius 2 is 1.52 bits per heavy atom. The molecule has 0 aromatic heterocycles. The standard InChI is InChI=1S/C33H34N2O7/c1-21-17-35(20-33(21,2)31(38)39)30(37)28(16-29(36)41-18-22-10-4-3-5-11-22)34-32(40)42-19-27-25-14-8-6-12-23(25)24-13-7-9-15-26(24)27/h3-15,21,27-28H,16-20H2,1-2H3,(H,34,40)(H,38,39)/t21?,28-,33?/m0/s1. The molecule has 0 radical (unpaired) electrons. The second-order valence-corrected chi connectivity index (χ2v) is 11.2. The first-order chi connectivity index (χ1) is 20.2. The molecule has 42 heavy (non-hydrogen) atoms. The van der Waals surface area contributed by atoms with Crippen molar-refractivity contribution in [1.82, 2.24) is 10.2 Å². The molecule has 2 unspecified atom stereocenters. The van der Waals surface area contributed by atoms with Gasteiger partial charge in [0.1, 0.15) is 19.3 Å². The molecule has 2 amide bonds. The summed E-state index contributed by atoms with van der Waals surface area (Å²) in [7, 11) is 0. The fraction of sp³-hybridized carbons (Fsp3) is 0.333. The highest BCUT2D eigenvalue weighted by Gasteiger charge is 2.49. The lowest BCUT2D eigenvalue weighted by Gasteiger charge is -2.25. The zero-order valence-corrected chi connectivity index (χ0v) is 23.6. The van der Waals surface area contributed by atoms with Gasteiger partial charge < -0.3 is 24.8 Å². The van der Waals surface area contributed by atoms with Crippen LogP contribution in [0.5, 0.6) is 0 Å². The van der Waals surface area contributed by atoms with Crippen LogP contribution in [0.4, 0.5) is 4.79 Å². The summed E-state index contributed by atoms with van der Waals surface area (Å²) >= 11 is 0. The molecule has 1 heterocycles. The molecule has 218 valence electrons. The third-order valence-electron chi connectivity index (χ3n) is 8.45. The van der Waals surface area contributed by atoms with E-state index in [0.29, 0.717) is 0 Å². The van der Waals surface area contributed by atoms with Crippen LogP contribution in [0.3, 0.4) is 0 Å². The molecule has 9 nitrogen and oxygen atoms in total. The van der Waals surface area contributed by atoms with Crippen molar-refractivity contribution in [1.29, 1.82) is 0 Å². The molecule has 0 bridgehead atoms. The minimum atomic E-state index is -1.28. The van der Waals surface area contributed by atoms with Gasteiger partial charge in [-0.15, -0.1) is 0 Å². The number of carboxylic acid groups (broad SMARTS) is 1. The highest BCUT2D eigenvalue weighted by atomic mass is 16.5. The molecular weight excluding hydrogens is 536 g/mol. The number of alkyl carbamates (subject to hydrolysis) is 1. The van der Waals surface area contributed by atoms with Crippen LogP contribution in [0.2, 0.25) is 0 Å². The Kier molecular flexibility index (Phi) is 8.29. The van der Waals surface area contributed by atoms with E-state index in [1.807, 2.05) is 78.9 Å². The third kappa shape index (κ3) is 5.86. The topological polar surface area (TPSA) is 122 Å². The molecule has 2 aliphatic rings. The molecule has 1 fully saturated rings. The smallest absolute Gasteiger partial charge is 0.407 e. The lowest BCUT2D eigenvalue weighted by molar-refractivity contribution is -0.150. The van der Waals surface area contributed by atoms with E-state index in [9.17, 15) is 24.3 Å². The highest BCUT2D eigenvalue weighted by Crippen LogP contribution is 2.44. The van der Waals surface area contributed by atoms with Crippen LogP contribution in [0, 0.1) is 11.3 Å². The van der Waals surface area contributed by atoms with Crippen LogP contribution in [-0.4, -0.2) is 59.7 Å². The van der Waals surface area contributed by atoms with E-state index in [4.69, 9.17) is 9.47 Å². The van der Waals surface area contributed by atoms with E-state index in [1.165, 1.54) is 4.90 Å². The van der Waals surface area contributed by atoms with E-state index in [2.05, 4.69) is 5.32 Å². The summed E-state index contributed by atoms with van der Waals surface area (Å²) in [4.78, 5) is 52.8. The fourth-order valence-corrected chi connectivity index (χ4v) is 5.76. The molecule has 0 saturated carbocycles. The molecular formula is C33H34N2O7. The van der Waals surface area contributed by atoms with Gasteiger partial charge in [-0.25, -0.2) is 4.79 Å². The van der Waals surface area contributed by atoms with Gasteiger partial charge in [-0.3, -0.25) is 14.4 Å². The van der Waals surface area contributed by atoms with Crippen LogP contribution in [0.25, 0.3) is 11.1 Å². The number of aliphatic carboxylic acids is 1. The zero-order chi connectivity index (χ0) is 29.9. The molecule has 3 atom stereocenters. The Labute approximate surface area is 244 Å². The number of amides is 2. The number of carboxylic acids is 1. The number of rotatable bonds is 9. The lowest BCUT2D eigenvalue weighted by Crippen LogP contribution is -2.50. The van der Waals surface area contributed by atoms with E-state index in [-0.39, 0.29) is 38.1 Å². The summed E-state index contributed by atoms with van der Waals surface area (Å²) < 4.78 is 11.0. The summed E-state index contributed by atoms with van der Waals surface area (Å²) in [5, 5.41) is 12.3. The van der Waals surface area contributed by atoms with Crippen molar-refractivity contribution >= 4 is 23.9 Å². The maximum Gasteiger partial charge on any atom is 0.407 e.